The summed E-state index contributed by atoms with van der Waals surface area (Å²) in [6, 6.07) is 61.3. The minimum Gasteiger partial charge on any atom is -0.383 e. The minimum absolute atomic E-state index is 0.393. The molecule has 0 unspecified atom stereocenters. The number of hydrogen-bond donors (Lipinski definition) is 1. The first-order chi connectivity index (χ1) is 24.7. The Morgan fingerprint density at radius 1 is 0.460 bits per heavy atom. The maximum Gasteiger partial charge on any atom is 0.158 e. The van der Waals surface area contributed by atoms with Crippen molar-refractivity contribution in [2.75, 3.05) is 0 Å². The molecule has 2 aromatic heterocycles. The fourth-order valence-corrected chi connectivity index (χ4v) is 7.10. The number of aromatic nitrogens is 2. The van der Waals surface area contributed by atoms with Crippen LogP contribution in [0, 0.1) is 0 Å². The number of benzene rings is 7. The Hall–Kier alpha value is -6.72. The first kappa shape index (κ1) is 29.4. The van der Waals surface area contributed by atoms with Crippen LogP contribution in [0.1, 0.15) is 11.1 Å². The zero-order valence-electron chi connectivity index (χ0n) is 27.3. The van der Waals surface area contributed by atoms with Gasteiger partial charge in [-0.2, -0.15) is 0 Å². The van der Waals surface area contributed by atoms with Gasteiger partial charge in [0.1, 0.15) is 12.5 Å². The Morgan fingerprint density at radius 2 is 0.940 bits per heavy atom. The van der Waals surface area contributed by atoms with Crippen LogP contribution in [0.15, 0.2) is 186 Å². The Balaban J connectivity index is 1.15. The van der Waals surface area contributed by atoms with Gasteiger partial charge >= 0.3 is 0 Å². The number of para-hydroxylation sites is 3. The first-order valence-electron chi connectivity index (χ1n) is 16.8. The summed E-state index contributed by atoms with van der Waals surface area (Å²) in [5.41, 5.74) is 16.4. The third-order valence-electron chi connectivity index (χ3n) is 9.48. The quantitative estimate of drug-likeness (QED) is 0.142. The number of hydrogen-bond acceptors (Lipinski definition) is 1. The zero-order valence-corrected chi connectivity index (χ0v) is 27.3. The molecule has 50 heavy (non-hydrogen) atoms. The second-order valence-corrected chi connectivity index (χ2v) is 12.4. The summed E-state index contributed by atoms with van der Waals surface area (Å²) in [5, 5.41) is 4.86. The molecule has 2 N–H and O–H groups in total. The lowest BCUT2D eigenvalue weighted by molar-refractivity contribution is 0.791. The highest BCUT2D eigenvalue weighted by molar-refractivity contribution is 6.13. The molecule has 5 nitrogen and oxygen atoms in total. The smallest absolute Gasteiger partial charge is 0.158 e. The van der Waals surface area contributed by atoms with Crippen molar-refractivity contribution in [3.8, 4) is 16.8 Å². The molecule has 0 saturated heterocycles. The van der Waals surface area contributed by atoms with E-state index < -0.39 is 0 Å². The van der Waals surface area contributed by atoms with Crippen LogP contribution in [0.4, 0.5) is 0 Å². The highest BCUT2D eigenvalue weighted by Crippen LogP contribution is 2.37. The average Bonchev–Trinajstić information content (AvgIpc) is 3.69. The fourth-order valence-electron chi connectivity index (χ4n) is 7.10. The van der Waals surface area contributed by atoms with E-state index in [1.807, 2.05) is 60.7 Å². The third kappa shape index (κ3) is 5.13. The second-order valence-electron chi connectivity index (χ2n) is 12.4. The van der Waals surface area contributed by atoms with Crippen LogP contribution >= 0.6 is 0 Å². The maximum atomic E-state index is 6.49. The molecule has 0 atom stereocenters. The van der Waals surface area contributed by atoms with E-state index in [1.165, 1.54) is 43.7 Å². The zero-order chi connectivity index (χ0) is 33.4. The van der Waals surface area contributed by atoms with Crippen LogP contribution in [-0.2, 0) is 6.67 Å². The van der Waals surface area contributed by atoms with Gasteiger partial charge in [0.15, 0.2) is 5.84 Å². The minimum atomic E-state index is 0.393. The van der Waals surface area contributed by atoms with Crippen molar-refractivity contribution in [2.45, 2.75) is 6.67 Å². The summed E-state index contributed by atoms with van der Waals surface area (Å²) in [4.78, 5) is 9.91. The van der Waals surface area contributed by atoms with E-state index in [4.69, 9.17) is 15.7 Å². The van der Waals surface area contributed by atoms with Gasteiger partial charge in [-0.15, -0.1) is 0 Å². The fraction of sp³-hybridized carbons (Fsp3) is 0.0222. The molecule has 5 heteroatoms. The summed E-state index contributed by atoms with van der Waals surface area (Å²) in [5.74, 6) is 1.03. The SMILES string of the molecule is NC(=N/C(=N\Cn1c2ccccc2c2cc(-c3ccc4c(c3)c3ccccc3n4-c3ccccc3)ccc21)c1ccccc1)c1ccccc1. The normalized spacial score (nSPS) is 12.4. The predicted octanol–water partition coefficient (Wildman–Crippen LogP) is 10.4. The second kappa shape index (κ2) is 12.4. The summed E-state index contributed by atoms with van der Waals surface area (Å²) in [6.45, 7) is 0.393. The van der Waals surface area contributed by atoms with E-state index in [1.54, 1.807) is 0 Å². The van der Waals surface area contributed by atoms with Crippen molar-refractivity contribution in [1.82, 2.24) is 9.13 Å². The van der Waals surface area contributed by atoms with Crippen LogP contribution < -0.4 is 5.73 Å². The van der Waals surface area contributed by atoms with Crippen molar-refractivity contribution < 1.29 is 0 Å². The molecule has 0 bridgehead atoms. The average molecular weight is 644 g/mol. The molecular weight excluding hydrogens is 611 g/mol. The van der Waals surface area contributed by atoms with E-state index in [0.29, 0.717) is 18.3 Å². The summed E-state index contributed by atoms with van der Waals surface area (Å²) in [7, 11) is 0. The maximum absolute atomic E-state index is 6.49. The van der Waals surface area contributed by atoms with Crippen molar-refractivity contribution in [2.24, 2.45) is 15.7 Å². The summed E-state index contributed by atoms with van der Waals surface area (Å²) < 4.78 is 4.62. The van der Waals surface area contributed by atoms with Gasteiger partial charge in [0.05, 0.1) is 22.1 Å². The van der Waals surface area contributed by atoms with Gasteiger partial charge in [-0.3, -0.25) is 0 Å². The van der Waals surface area contributed by atoms with Gasteiger partial charge in [-0.05, 0) is 59.7 Å². The number of fused-ring (bicyclic) bond motifs is 6. The molecular formula is C45H33N5. The number of rotatable bonds is 6. The first-order valence-corrected chi connectivity index (χ1v) is 16.8. The van der Waals surface area contributed by atoms with E-state index in [-0.39, 0.29) is 0 Å². The van der Waals surface area contributed by atoms with Gasteiger partial charge in [-0.25, -0.2) is 9.98 Å². The third-order valence-corrected chi connectivity index (χ3v) is 9.48. The standard InChI is InChI=1S/C45H33N5/c46-44(31-14-4-1-5-15-31)48-45(32-16-6-2-7-17-32)47-30-49-40-22-12-10-20-36(40)38-28-33(24-26-41(38)49)34-25-27-43-39(29-34)37-21-11-13-23-42(37)50(43)35-18-8-3-9-19-35/h1-29H,30H2,(H2,46,47,48). The molecule has 7 aromatic carbocycles. The molecule has 0 saturated carbocycles. The van der Waals surface area contributed by atoms with E-state index >= 15 is 0 Å². The lowest BCUT2D eigenvalue weighted by Gasteiger charge is -2.09. The monoisotopic (exact) mass is 643 g/mol. The Labute approximate surface area is 289 Å². The van der Waals surface area contributed by atoms with Crippen molar-refractivity contribution in [3.05, 3.63) is 187 Å². The van der Waals surface area contributed by atoms with Crippen LogP contribution in [0.5, 0.6) is 0 Å². The predicted molar refractivity (Wildman–Crippen MR) is 209 cm³/mol. The van der Waals surface area contributed by atoms with Crippen LogP contribution in [0.25, 0.3) is 60.4 Å². The molecule has 0 radical (unpaired) electrons. The van der Waals surface area contributed by atoms with Gasteiger partial charge in [0.25, 0.3) is 0 Å². The van der Waals surface area contributed by atoms with Crippen molar-refractivity contribution in [3.63, 3.8) is 0 Å². The highest BCUT2D eigenvalue weighted by Gasteiger charge is 2.15. The summed E-state index contributed by atoms with van der Waals surface area (Å²) in [6.07, 6.45) is 0. The number of nitrogens with zero attached hydrogens (tertiary/aromatic N) is 4. The summed E-state index contributed by atoms with van der Waals surface area (Å²) >= 11 is 0. The van der Waals surface area contributed by atoms with E-state index in [9.17, 15) is 0 Å². The molecule has 0 aliphatic carbocycles. The van der Waals surface area contributed by atoms with Gasteiger partial charge in [0.2, 0.25) is 0 Å². The number of aliphatic imine (C=N–C) groups is 2. The molecule has 0 aliphatic rings. The van der Waals surface area contributed by atoms with Gasteiger partial charge in [0, 0.05) is 38.4 Å². The number of amidine groups is 2. The Kier molecular flexibility index (Phi) is 7.29. The number of nitrogens with two attached hydrogens (primary N) is 1. The van der Waals surface area contributed by atoms with Crippen LogP contribution in [-0.4, -0.2) is 20.8 Å². The van der Waals surface area contributed by atoms with Crippen LogP contribution in [0.3, 0.4) is 0 Å². The molecule has 238 valence electrons. The highest BCUT2D eigenvalue weighted by atomic mass is 15.1. The van der Waals surface area contributed by atoms with Crippen molar-refractivity contribution >= 4 is 55.3 Å². The topological polar surface area (TPSA) is 60.6 Å². The largest absolute Gasteiger partial charge is 0.383 e. The molecule has 0 amide bonds. The Morgan fingerprint density at radius 3 is 1.62 bits per heavy atom. The molecule has 0 fully saturated rings. The van der Waals surface area contributed by atoms with Gasteiger partial charge < -0.3 is 14.9 Å². The lowest BCUT2D eigenvalue weighted by atomic mass is 10.0. The van der Waals surface area contributed by atoms with E-state index in [2.05, 4.69) is 124 Å². The molecule has 2 heterocycles. The lowest BCUT2D eigenvalue weighted by Crippen LogP contribution is -2.16. The van der Waals surface area contributed by atoms with Gasteiger partial charge in [-0.1, -0.05) is 127 Å². The van der Waals surface area contributed by atoms with Crippen molar-refractivity contribution in [1.29, 1.82) is 0 Å². The molecule has 0 spiro atoms. The van der Waals surface area contributed by atoms with E-state index in [0.717, 1.165) is 27.8 Å². The Bertz CT molecular complexity index is 2720. The molecule has 0 aliphatic heterocycles. The molecule has 9 aromatic rings. The molecule has 9 rings (SSSR count). The van der Waals surface area contributed by atoms with Crippen LogP contribution in [0.2, 0.25) is 0 Å².